The summed E-state index contributed by atoms with van der Waals surface area (Å²) in [6.07, 6.45) is 8.00. The van der Waals surface area contributed by atoms with Crippen molar-refractivity contribution in [3.8, 4) is 5.75 Å². The fourth-order valence-electron chi connectivity index (χ4n) is 5.05. The Morgan fingerprint density at radius 1 is 0.950 bits per heavy atom. The van der Waals surface area contributed by atoms with Crippen molar-refractivity contribution in [3.05, 3.63) is 65.4 Å². The van der Waals surface area contributed by atoms with E-state index in [1.165, 1.54) is 12.5 Å². The minimum atomic E-state index is -0.370. The molecule has 0 unspecified atom stereocenters. The fourth-order valence-corrected chi connectivity index (χ4v) is 5.05. The number of amides is 2. The number of rotatable bonds is 16. The molecule has 0 radical (unpaired) electrons. The second-order valence-corrected chi connectivity index (χ2v) is 10.6. The Bertz CT molecular complexity index is 1270. The van der Waals surface area contributed by atoms with E-state index in [4.69, 9.17) is 4.74 Å². The van der Waals surface area contributed by atoms with Crippen LogP contribution >= 0.6 is 0 Å². The summed E-state index contributed by atoms with van der Waals surface area (Å²) in [5.41, 5.74) is 4.17. The maximum absolute atomic E-state index is 12.9. The highest BCUT2D eigenvalue weighted by atomic mass is 16.5. The number of nitrogens with zero attached hydrogens (tertiary/aromatic N) is 2. The highest BCUT2D eigenvalue weighted by Crippen LogP contribution is 2.31. The minimum Gasteiger partial charge on any atom is -0.427 e. The van der Waals surface area contributed by atoms with Crippen LogP contribution in [-0.4, -0.2) is 47.4 Å². The van der Waals surface area contributed by atoms with Crippen molar-refractivity contribution in [1.29, 1.82) is 0 Å². The third-order valence-corrected chi connectivity index (χ3v) is 7.37. The number of hydrogen-bond donors (Lipinski definition) is 1. The molecule has 2 aromatic carbocycles. The molecule has 216 valence electrons. The van der Waals surface area contributed by atoms with Crippen molar-refractivity contribution in [3.63, 3.8) is 0 Å². The maximum Gasteiger partial charge on any atom is 0.308 e. The van der Waals surface area contributed by atoms with E-state index in [9.17, 15) is 14.4 Å². The Morgan fingerprint density at radius 3 is 2.40 bits per heavy atom. The van der Waals surface area contributed by atoms with Gasteiger partial charge in [0.1, 0.15) is 5.75 Å². The molecule has 3 aromatic rings. The predicted octanol–water partition coefficient (Wildman–Crippen LogP) is 6.18. The summed E-state index contributed by atoms with van der Waals surface area (Å²) >= 11 is 0. The molecule has 2 amide bonds. The van der Waals surface area contributed by atoms with Gasteiger partial charge in [0.15, 0.2) is 0 Å². The molecule has 0 atom stereocenters. The van der Waals surface area contributed by atoms with Crippen LogP contribution in [0, 0.1) is 6.92 Å². The van der Waals surface area contributed by atoms with Gasteiger partial charge in [-0.25, -0.2) is 0 Å². The van der Waals surface area contributed by atoms with Gasteiger partial charge in [0, 0.05) is 56.6 Å². The van der Waals surface area contributed by atoms with Crippen LogP contribution in [0.3, 0.4) is 0 Å². The lowest BCUT2D eigenvalue weighted by Crippen LogP contribution is -2.27. The van der Waals surface area contributed by atoms with Gasteiger partial charge >= 0.3 is 5.97 Å². The van der Waals surface area contributed by atoms with E-state index >= 15 is 0 Å². The van der Waals surface area contributed by atoms with Crippen LogP contribution in [0.4, 0.5) is 0 Å². The van der Waals surface area contributed by atoms with Gasteiger partial charge < -0.3 is 19.5 Å². The lowest BCUT2D eigenvalue weighted by molar-refractivity contribution is -0.132. The standard InChI is InChI=1S/C33H45N3O4/c1-5-6-21-35(4)33(39)17-13-8-7-9-14-20-34-32(38)23-29-25(2)36(24-27-15-11-10-12-16-27)31-19-18-28(22-30(29)31)40-26(3)37/h10-12,15-16,18-19,22H,5-9,13-14,17,20-21,23-24H2,1-4H3,(H,34,38). The quantitative estimate of drug-likeness (QED) is 0.132. The van der Waals surface area contributed by atoms with Crippen molar-refractivity contribution >= 4 is 28.7 Å². The molecule has 7 nitrogen and oxygen atoms in total. The van der Waals surface area contributed by atoms with E-state index in [2.05, 4.69) is 28.9 Å². The summed E-state index contributed by atoms with van der Waals surface area (Å²) in [6.45, 7) is 7.74. The minimum absolute atomic E-state index is 0.0135. The number of unbranched alkanes of at least 4 members (excludes halogenated alkanes) is 5. The number of benzene rings is 2. The molecule has 0 saturated heterocycles. The molecular weight excluding hydrogens is 502 g/mol. The van der Waals surface area contributed by atoms with E-state index in [0.717, 1.165) is 73.7 Å². The molecule has 0 aliphatic rings. The molecule has 1 N–H and O–H groups in total. The average Bonchev–Trinajstić information content (AvgIpc) is 3.18. The SMILES string of the molecule is CCCCN(C)C(=O)CCCCCCCNC(=O)Cc1c(C)n(Cc2ccccc2)c2ccc(OC(C)=O)cc12. The van der Waals surface area contributed by atoms with Crippen LogP contribution in [-0.2, 0) is 27.3 Å². The molecule has 7 heteroatoms. The Morgan fingerprint density at radius 2 is 1.68 bits per heavy atom. The van der Waals surface area contributed by atoms with Gasteiger partial charge in [-0.15, -0.1) is 0 Å². The van der Waals surface area contributed by atoms with Gasteiger partial charge in [-0.1, -0.05) is 62.9 Å². The summed E-state index contributed by atoms with van der Waals surface area (Å²) in [6, 6.07) is 15.9. The number of carbonyl (C=O) groups is 3. The lowest BCUT2D eigenvalue weighted by Gasteiger charge is -2.16. The number of carbonyl (C=O) groups excluding carboxylic acids is 3. The van der Waals surface area contributed by atoms with E-state index < -0.39 is 0 Å². The van der Waals surface area contributed by atoms with E-state index in [-0.39, 0.29) is 24.2 Å². The molecule has 0 aliphatic heterocycles. The largest absolute Gasteiger partial charge is 0.427 e. The van der Waals surface area contributed by atoms with Gasteiger partial charge in [0.05, 0.1) is 6.42 Å². The number of nitrogens with one attached hydrogen (secondary N) is 1. The summed E-state index contributed by atoms with van der Waals surface area (Å²) in [5, 5.41) is 4.01. The molecule has 40 heavy (non-hydrogen) atoms. The van der Waals surface area contributed by atoms with E-state index in [1.807, 2.05) is 49.2 Å². The van der Waals surface area contributed by atoms with Gasteiger partial charge in [-0.2, -0.15) is 0 Å². The van der Waals surface area contributed by atoms with Crippen LogP contribution in [0.1, 0.15) is 82.0 Å². The summed E-state index contributed by atoms with van der Waals surface area (Å²) in [5.74, 6) is 0.333. The van der Waals surface area contributed by atoms with Gasteiger partial charge in [-0.3, -0.25) is 14.4 Å². The Hall–Kier alpha value is -3.61. The van der Waals surface area contributed by atoms with Crippen molar-refractivity contribution in [1.82, 2.24) is 14.8 Å². The number of ether oxygens (including phenoxy) is 1. The Balaban J connectivity index is 1.52. The van der Waals surface area contributed by atoms with Crippen LogP contribution in [0.25, 0.3) is 10.9 Å². The molecule has 0 aliphatic carbocycles. The number of aromatic nitrogens is 1. The smallest absolute Gasteiger partial charge is 0.308 e. The van der Waals surface area contributed by atoms with Crippen LogP contribution in [0.5, 0.6) is 5.75 Å². The third-order valence-electron chi connectivity index (χ3n) is 7.37. The van der Waals surface area contributed by atoms with Gasteiger partial charge in [0.2, 0.25) is 11.8 Å². The summed E-state index contributed by atoms with van der Waals surface area (Å²) in [7, 11) is 1.89. The molecule has 0 fully saturated rings. The summed E-state index contributed by atoms with van der Waals surface area (Å²) < 4.78 is 7.56. The maximum atomic E-state index is 12.9. The number of hydrogen-bond acceptors (Lipinski definition) is 4. The van der Waals surface area contributed by atoms with Crippen molar-refractivity contribution in [2.24, 2.45) is 0 Å². The third kappa shape index (κ3) is 9.25. The van der Waals surface area contributed by atoms with E-state index in [1.54, 1.807) is 6.07 Å². The molecule has 0 saturated carbocycles. The monoisotopic (exact) mass is 547 g/mol. The number of fused-ring (bicyclic) bond motifs is 1. The molecular formula is C33H45N3O4. The Labute approximate surface area is 238 Å². The summed E-state index contributed by atoms with van der Waals surface area (Å²) in [4.78, 5) is 38.5. The Kier molecular flexibility index (Phi) is 12.3. The first-order valence-electron chi connectivity index (χ1n) is 14.6. The van der Waals surface area contributed by atoms with Crippen LogP contribution in [0.2, 0.25) is 0 Å². The van der Waals surface area contributed by atoms with Crippen LogP contribution in [0.15, 0.2) is 48.5 Å². The van der Waals surface area contributed by atoms with Crippen LogP contribution < -0.4 is 10.1 Å². The molecule has 3 rings (SSSR count). The second kappa shape index (κ2) is 15.8. The fraction of sp³-hybridized carbons (Fsp3) is 0.485. The zero-order valence-corrected chi connectivity index (χ0v) is 24.6. The zero-order chi connectivity index (χ0) is 28.9. The highest BCUT2D eigenvalue weighted by molar-refractivity contribution is 5.92. The number of esters is 1. The normalized spacial score (nSPS) is 11.0. The van der Waals surface area contributed by atoms with Gasteiger partial charge in [0.25, 0.3) is 0 Å². The van der Waals surface area contributed by atoms with Gasteiger partial charge in [-0.05, 0) is 55.5 Å². The van der Waals surface area contributed by atoms with E-state index in [0.29, 0.717) is 25.3 Å². The van der Waals surface area contributed by atoms with Crippen molar-refractivity contribution < 1.29 is 19.1 Å². The molecule has 0 spiro atoms. The first-order valence-corrected chi connectivity index (χ1v) is 14.6. The topological polar surface area (TPSA) is 80.6 Å². The van der Waals surface area contributed by atoms with Crippen molar-refractivity contribution in [2.75, 3.05) is 20.1 Å². The highest BCUT2D eigenvalue weighted by Gasteiger charge is 2.18. The predicted molar refractivity (Wildman–Crippen MR) is 160 cm³/mol. The van der Waals surface area contributed by atoms with Crippen molar-refractivity contribution in [2.45, 2.75) is 85.1 Å². The zero-order valence-electron chi connectivity index (χ0n) is 24.6. The molecule has 0 bridgehead atoms. The average molecular weight is 548 g/mol. The molecule has 1 heterocycles. The lowest BCUT2D eigenvalue weighted by atomic mass is 10.1. The first-order chi connectivity index (χ1) is 19.3. The first kappa shape index (κ1) is 30.9. The second-order valence-electron chi connectivity index (χ2n) is 10.6. The molecule has 1 aromatic heterocycles.